The van der Waals surface area contributed by atoms with Gasteiger partial charge in [0.2, 0.25) is 0 Å². The maximum atomic E-state index is 14.1. The lowest BCUT2D eigenvalue weighted by Crippen LogP contribution is -2.11. The van der Waals surface area contributed by atoms with E-state index in [4.69, 9.17) is 21.1 Å². The second kappa shape index (κ2) is 7.31. The van der Waals surface area contributed by atoms with Crippen molar-refractivity contribution in [3.8, 4) is 11.5 Å². The Balaban J connectivity index is 1.88. The third-order valence-electron chi connectivity index (χ3n) is 4.13. The van der Waals surface area contributed by atoms with Gasteiger partial charge in [-0.1, -0.05) is 23.7 Å². The first-order valence-electron chi connectivity index (χ1n) is 7.95. The topological polar surface area (TPSA) is 44.8 Å². The van der Waals surface area contributed by atoms with E-state index >= 15 is 0 Å². The Morgan fingerprint density at radius 3 is 2.72 bits per heavy atom. The molecule has 0 spiro atoms. The molecule has 0 aromatic heterocycles. The number of ether oxygens (including phenoxy) is 3. The number of halogens is 2. The smallest absolute Gasteiger partial charge is 0.486 e. The maximum absolute atomic E-state index is 14.1. The van der Waals surface area contributed by atoms with Crippen molar-refractivity contribution in [1.82, 2.24) is 0 Å². The molecule has 6 heteroatoms. The van der Waals surface area contributed by atoms with E-state index in [1.54, 1.807) is 13.0 Å². The van der Waals surface area contributed by atoms with Crippen LogP contribution in [0.5, 0.6) is 11.5 Å². The third-order valence-corrected chi connectivity index (χ3v) is 4.54. The first kappa shape index (κ1) is 17.5. The molecular weight excluding hydrogens is 347 g/mol. The van der Waals surface area contributed by atoms with Crippen LogP contribution in [0.3, 0.4) is 0 Å². The summed E-state index contributed by atoms with van der Waals surface area (Å²) >= 11 is 6.05. The highest BCUT2D eigenvalue weighted by molar-refractivity contribution is 6.31. The van der Waals surface area contributed by atoms with Gasteiger partial charge in [0.15, 0.2) is 11.6 Å². The molecule has 0 radical (unpaired) electrons. The lowest BCUT2D eigenvalue weighted by Gasteiger charge is -2.15. The molecule has 2 aromatic rings. The van der Waals surface area contributed by atoms with Gasteiger partial charge in [-0.3, -0.25) is 0 Å². The summed E-state index contributed by atoms with van der Waals surface area (Å²) in [7, 11) is 1.24. The molecule has 1 saturated carbocycles. The molecule has 0 bridgehead atoms. The Kier molecular flexibility index (Phi) is 5.13. The van der Waals surface area contributed by atoms with Crippen LogP contribution in [0.2, 0.25) is 5.02 Å². The molecular formula is C19H18ClFO4. The first-order chi connectivity index (χ1) is 12.0. The van der Waals surface area contributed by atoms with Crippen molar-refractivity contribution >= 4 is 17.8 Å². The van der Waals surface area contributed by atoms with Gasteiger partial charge < -0.3 is 14.2 Å². The number of carbonyl (C=O) groups excluding carboxylic acids is 1. The lowest BCUT2D eigenvalue weighted by atomic mass is 10.0. The van der Waals surface area contributed by atoms with Crippen molar-refractivity contribution in [2.45, 2.75) is 32.3 Å². The van der Waals surface area contributed by atoms with Crippen molar-refractivity contribution in [3.05, 3.63) is 57.9 Å². The fourth-order valence-corrected chi connectivity index (χ4v) is 2.78. The van der Waals surface area contributed by atoms with E-state index in [0.717, 1.165) is 18.4 Å². The van der Waals surface area contributed by atoms with Gasteiger partial charge >= 0.3 is 6.16 Å². The van der Waals surface area contributed by atoms with Crippen LogP contribution in [0.4, 0.5) is 9.18 Å². The lowest BCUT2D eigenvalue weighted by molar-refractivity contribution is 0.120. The number of methoxy groups -OCH3 is 1. The Morgan fingerprint density at radius 2 is 2.04 bits per heavy atom. The highest BCUT2D eigenvalue weighted by Crippen LogP contribution is 2.44. The van der Waals surface area contributed by atoms with Crippen molar-refractivity contribution in [1.29, 1.82) is 0 Å². The van der Waals surface area contributed by atoms with Crippen LogP contribution < -0.4 is 9.47 Å². The zero-order valence-electron chi connectivity index (χ0n) is 14.0. The maximum Gasteiger partial charge on any atom is 0.513 e. The molecule has 1 aliphatic carbocycles. The standard InChI is InChI=1S/C19H18ClFO4/c1-11-8-16(21)18(9-15(11)20)24-10-14-13(12-6-7-12)4-3-5-17(14)25-19(22)23-2/h3-5,8-9,12H,6-7,10H2,1-2H3. The molecule has 132 valence electrons. The van der Waals surface area contributed by atoms with E-state index in [1.165, 1.54) is 19.2 Å². The average Bonchev–Trinajstić information content (AvgIpc) is 3.42. The minimum Gasteiger partial charge on any atom is -0.486 e. The molecule has 0 saturated heterocycles. The predicted octanol–water partition coefficient (Wildman–Crippen LogP) is 5.39. The van der Waals surface area contributed by atoms with Crippen LogP contribution in [0.1, 0.15) is 35.4 Å². The number of benzene rings is 2. The molecule has 0 atom stereocenters. The molecule has 1 fully saturated rings. The van der Waals surface area contributed by atoms with Crippen molar-refractivity contribution in [2.24, 2.45) is 0 Å². The summed E-state index contributed by atoms with van der Waals surface area (Å²) in [6.07, 6.45) is 1.33. The van der Waals surface area contributed by atoms with Gasteiger partial charge in [-0.05, 0) is 48.9 Å². The minimum absolute atomic E-state index is 0.0604. The van der Waals surface area contributed by atoms with Crippen LogP contribution in [0, 0.1) is 12.7 Å². The summed E-state index contributed by atoms with van der Waals surface area (Å²) in [6.45, 7) is 1.79. The molecule has 4 nitrogen and oxygen atoms in total. The number of hydrogen-bond donors (Lipinski definition) is 0. The zero-order chi connectivity index (χ0) is 18.0. The fourth-order valence-electron chi connectivity index (χ4n) is 2.63. The average molecular weight is 365 g/mol. The minimum atomic E-state index is -0.807. The number of carbonyl (C=O) groups is 1. The van der Waals surface area contributed by atoms with E-state index in [-0.39, 0.29) is 12.4 Å². The second-order valence-electron chi connectivity index (χ2n) is 5.97. The molecule has 3 rings (SSSR count). The van der Waals surface area contributed by atoms with Gasteiger partial charge in [0.05, 0.1) is 7.11 Å². The Labute approximate surface area is 150 Å². The van der Waals surface area contributed by atoms with Crippen molar-refractivity contribution < 1.29 is 23.4 Å². The highest BCUT2D eigenvalue weighted by atomic mass is 35.5. The molecule has 0 amide bonds. The second-order valence-corrected chi connectivity index (χ2v) is 6.38. The van der Waals surface area contributed by atoms with E-state index in [0.29, 0.717) is 27.8 Å². The molecule has 1 aliphatic rings. The summed E-state index contributed by atoms with van der Waals surface area (Å²) in [5.41, 5.74) is 2.39. The van der Waals surface area contributed by atoms with Gasteiger partial charge in [-0.25, -0.2) is 9.18 Å². The molecule has 2 aromatic carbocycles. The third kappa shape index (κ3) is 4.04. The summed E-state index contributed by atoms with van der Waals surface area (Å²) in [5, 5.41) is 0.429. The van der Waals surface area contributed by atoms with Crippen LogP contribution in [-0.2, 0) is 11.3 Å². The zero-order valence-corrected chi connectivity index (χ0v) is 14.7. The van der Waals surface area contributed by atoms with Crippen LogP contribution in [0.15, 0.2) is 30.3 Å². The van der Waals surface area contributed by atoms with Gasteiger partial charge in [-0.2, -0.15) is 0 Å². The SMILES string of the molecule is COC(=O)Oc1cccc(C2CC2)c1COc1cc(Cl)c(C)cc1F. The molecule has 0 heterocycles. The first-order valence-corrected chi connectivity index (χ1v) is 8.33. The fraction of sp³-hybridized carbons (Fsp3) is 0.316. The van der Waals surface area contributed by atoms with Crippen molar-refractivity contribution in [2.75, 3.05) is 7.11 Å². The normalized spacial score (nSPS) is 13.4. The Hall–Kier alpha value is -2.27. The van der Waals surface area contributed by atoms with Gasteiger partial charge in [0, 0.05) is 16.7 Å². The van der Waals surface area contributed by atoms with Crippen LogP contribution in [-0.4, -0.2) is 13.3 Å². The quantitative estimate of drug-likeness (QED) is 0.527. The molecule has 0 unspecified atom stereocenters. The van der Waals surface area contributed by atoms with Gasteiger partial charge in [-0.15, -0.1) is 0 Å². The van der Waals surface area contributed by atoms with Crippen molar-refractivity contribution in [3.63, 3.8) is 0 Å². The summed E-state index contributed by atoms with van der Waals surface area (Å²) in [6, 6.07) is 8.24. The largest absolute Gasteiger partial charge is 0.513 e. The highest BCUT2D eigenvalue weighted by Gasteiger charge is 2.28. The summed E-state index contributed by atoms with van der Waals surface area (Å²) in [5.74, 6) is 0.340. The van der Waals surface area contributed by atoms with Crippen LogP contribution in [0.25, 0.3) is 0 Å². The van der Waals surface area contributed by atoms with Crippen LogP contribution >= 0.6 is 11.6 Å². The van der Waals surface area contributed by atoms with Gasteiger partial charge in [0.1, 0.15) is 12.4 Å². The number of aryl methyl sites for hydroxylation is 1. The Bertz CT molecular complexity index is 802. The van der Waals surface area contributed by atoms with E-state index in [9.17, 15) is 9.18 Å². The molecule has 0 N–H and O–H groups in total. The van der Waals surface area contributed by atoms with E-state index in [1.807, 2.05) is 12.1 Å². The molecule has 25 heavy (non-hydrogen) atoms. The number of hydrogen-bond acceptors (Lipinski definition) is 4. The summed E-state index contributed by atoms with van der Waals surface area (Å²) < 4.78 is 29.5. The monoisotopic (exact) mass is 364 g/mol. The van der Waals surface area contributed by atoms with Gasteiger partial charge in [0.25, 0.3) is 0 Å². The molecule has 0 aliphatic heterocycles. The Morgan fingerprint density at radius 1 is 1.28 bits per heavy atom. The van der Waals surface area contributed by atoms with E-state index in [2.05, 4.69) is 4.74 Å². The summed E-state index contributed by atoms with van der Waals surface area (Å²) in [4.78, 5) is 11.5. The predicted molar refractivity (Wildman–Crippen MR) is 91.9 cm³/mol. The van der Waals surface area contributed by atoms with E-state index < -0.39 is 12.0 Å². The number of rotatable bonds is 5.